The summed E-state index contributed by atoms with van der Waals surface area (Å²) >= 11 is 1.51. The van der Waals surface area contributed by atoms with Crippen molar-refractivity contribution in [3.8, 4) is 0 Å². The first-order chi connectivity index (χ1) is 15.7. The van der Waals surface area contributed by atoms with Gasteiger partial charge in [-0.05, 0) is 56.2 Å². The van der Waals surface area contributed by atoms with E-state index >= 15 is 0 Å². The quantitative estimate of drug-likeness (QED) is 0.608. The highest BCUT2D eigenvalue weighted by molar-refractivity contribution is 8.00. The molecule has 3 rings (SSSR count). The monoisotopic (exact) mass is 468 g/mol. The van der Waals surface area contributed by atoms with Gasteiger partial charge in [0.2, 0.25) is 17.7 Å². The first-order valence-corrected chi connectivity index (χ1v) is 12.0. The van der Waals surface area contributed by atoms with Crippen LogP contribution in [0.15, 0.2) is 47.4 Å². The van der Waals surface area contributed by atoms with E-state index in [0.717, 1.165) is 27.4 Å². The topological polar surface area (TPSA) is 81.8 Å². The van der Waals surface area contributed by atoms with Crippen molar-refractivity contribution >= 4 is 40.9 Å². The molecular weight excluding hydrogens is 436 g/mol. The van der Waals surface area contributed by atoms with E-state index in [2.05, 4.69) is 15.5 Å². The third kappa shape index (κ3) is 7.07. The number of piperazine rings is 1. The van der Waals surface area contributed by atoms with Gasteiger partial charge in [0.15, 0.2) is 0 Å². The zero-order valence-electron chi connectivity index (χ0n) is 19.7. The van der Waals surface area contributed by atoms with Crippen LogP contribution in [0, 0.1) is 13.8 Å². The Morgan fingerprint density at radius 2 is 1.55 bits per heavy atom. The molecule has 7 nitrogen and oxygen atoms in total. The second-order valence-corrected chi connectivity index (χ2v) is 9.80. The predicted octanol–water partition coefficient (Wildman–Crippen LogP) is 3.53. The van der Waals surface area contributed by atoms with Crippen LogP contribution < -0.4 is 10.6 Å². The number of carbonyl (C=O) groups is 3. The van der Waals surface area contributed by atoms with E-state index in [1.165, 1.54) is 18.7 Å². The smallest absolute Gasteiger partial charge is 0.238 e. The predicted molar refractivity (Wildman–Crippen MR) is 134 cm³/mol. The molecule has 3 amide bonds. The highest BCUT2D eigenvalue weighted by atomic mass is 32.2. The van der Waals surface area contributed by atoms with Crippen LogP contribution in [0.5, 0.6) is 0 Å². The van der Waals surface area contributed by atoms with Crippen molar-refractivity contribution in [2.45, 2.75) is 37.8 Å². The molecule has 1 saturated heterocycles. The number of nitrogens with zero attached hydrogens (tertiary/aromatic N) is 2. The Bertz CT molecular complexity index is 981. The summed E-state index contributed by atoms with van der Waals surface area (Å²) in [6, 6.07) is 13.5. The van der Waals surface area contributed by atoms with Gasteiger partial charge in [-0.1, -0.05) is 18.2 Å². The van der Waals surface area contributed by atoms with Gasteiger partial charge >= 0.3 is 0 Å². The lowest BCUT2D eigenvalue weighted by Gasteiger charge is -2.35. The van der Waals surface area contributed by atoms with E-state index in [1.807, 2.05) is 68.1 Å². The largest absolute Gasteiger partial charge is 0.339 e. The highest BCUT2D eigenvalue weighted by Gasteiger charge is 2.26. The van der Waals surface area contributed by atoms with Crippen molar-refractivity contribution in [2.75, 3.05) is 43.4 Å². The summed E-state index contributed by atoms with van der Waals surface area (Å²) in [5.41, 5.74) is 3.72. The Hall–Kier alpha value is -2.84. The summed E-state index contributed by atoms with van der Waals surface area (Å²) in [5.74, 6) is -0.0368. The molecular formula is C25H32N4O3S. The van der Waals surface area contributed by atoms with Crippen LogP contribution >= 0.6 is 11.8 Å². The molecule has 0 bridgehead atoms. The highest BCUT2D eigenvalue weighted by Crippen LogP contribution is 2.26. The van der Waals surface area contributed by atoms with E-state index in [-0.39, 0.29) is 23.0 Å². The van der Waals surface area contributed by atoms with Gasteiger partial charge in [0.1, 0.15) is 0 Å². The number of hydrogen-bond acceptors (Lipinski definition) is 5. The second-order valence-electron chi connectivity index (χ2n) is 8.38. The molecule has 0 spiro atoms. The average Bonchev–Trinajstić information content (AvgIpc) is 2.77. The maximum absolute atomic E-state index is 12.9. The fourth-order valence-corrected chi connectivity index (χ4v) is 4.80. The van der Waals surface area contributed by atoms with Crippen LogP contribution in [0.1, 0.15) is 25.0 Å². The zero-order chi connectivity index (χ0) is 24.0. The van der Waals surface area contributed by atoms with E-state index in [4.69, 9.17) is 0 Å². The summed E-state index contributed by atoms with van der Waals surface area (Å²) in [6.45, 7) is 10.3. The maximum atomic E-state index is 12.9. The first-order valence-electron chi connectivity index (χ1n) is 11.1. The van der Waals surface area contributed by atoms with Crippen LogP contribution in [-0.2, 0) is 14.4 Å². The zero-order valence-corrected chi connectivity index (χ0v) is 20.5. The Morgan fingerprint density at radius 1 is 0.939 bits per heavy atom. The molecule has 2 aromatic carbocycles. The van der Waals surface area contributed by atoms with Crippen LogP contribution in [-0.4, -0.2) is 65.5 Å². The van der Waals surface area contributed by atoms with Crippen LogP contribution in [0.2, 0.25) is 0 Å². The molecule has 0 radical (unpaired) electrons. The summed E-state index contributed by atoms with van der Waals surface area (Å²) in [6.07, 6.45) is 0. The molecule has 1 unspecified atom stereocenters. The molecule has 1 fully saturated rings. The summed E-state index contributed by atoms with van der Waals surface area (Å²) in [5, 5.41) is 5.56. The molecule has 33 heavy (non-hydrogen) atoms. The Balaban J connectivity index is 1.45. The fourth-order valence-electron chi connectivity index (χ4n) is 3.85. The first kappa shape index (κ1) is 24.8. The molecule has 2 aromatic rings. The van der Waals surface area contributed by atoms with Gasteiger partial charge in [0.25, 0.3) is 0 Å². The normalized spacial score (nSPS) is 15.1. The van der Waals surface area contributed by atoms with Gasteiger partial charge in [-0.2, -0.15) is 0 Å². The molecule has 176 valence electrons. The van der Waals surface area contributed by atoms with E-state index in [0.29, 0.717) is 32.7 Å². The van der Waals surface area contributed by atoms with E-state index in [1.54, 1.807) is 0 Å². The summed E-state index contributed by atoms with van der Waals surface area (Å²) < 4.78 is 0. The Kier molecular flexibility index (Phi) is 8.52. The van der Waals surface area contributed by atoms with Gasteiger partial charge in [0.05, 0.1) is 11.8 Å². The number of thioether (sulfide) groups is 1. The van der Waals surface area contributed by atoms with Gasteiger partial charge < -0.3 is 15.5 Å². The van der Waals surface area contributed by atoms with Gasteiger partial charge in [-0.3, -0.25) is 19.3 Å². The SMILES string of the molecule is CC(=O)Nc1ccc(SC(C)C(=O)N2CCN(CC(=O)Nc3c(C)cccc3C)CC2)cc1. The number of benzene rings is 2. The summed E-state index contributed by atoms with van der Waals surface area (Å²) in [4.78, 5) is 41.5. The fraction of sp³-hybridized carbons (Fsp3) is 0.400. The van der Waals surface area contributed by atoms with Gasteiger partial charge in [-0.25, -0.2) is 0 Å². The molecule has 1 heterocycles. The minimum absolute atomic E-state index is 0.0289. The van der Waals surface area contributed by atoms with Gasteiger partial charge in [0, 0.05) is 49.4 Å². The number of para-hydroxylation sites is 1. The van der Waals surface area contributed by atoms with Crippen molar-refractivity contribution < 1.29 is 14.4 Å². The third-order valence-electron chi connectivity index (χ3n) is 5.63. The minimum Gasteiger partial charge on any atom is -0.339 e. The molecule has 2 N–H and O–H groups in total. The molecule has 1 aliphatic rings. The second kappa shape index (κ2) is 11.3. The van der Waals surface area contributed by atoms with Crippen molar-refractivity contribution in [3.05, 3.63) is 53.6 Å². The number of hydrogen-bond donors (Lipinski definition) is 2. The molecule has 0 saturated carbocycles. The molecule has 0 aliphatic carbocycles. The van der Waals surface area contributed by atoms with Crippen molar-refractivity contribution in [1.29, 1.82) is 0 Å². The van der Waals surface area contributed by atoms with Crippen LogP contribution in [0.3, 0.4) is 0 Å². The van der Waals surface area contributed by atoms with Crippen molar-refractivity contribution in [1.82, 2.24) is 9.80 Å². The number of nitrogens with one attached hydrogen (secondary N) is 2. The lowest BCUT2D eigenvalue weighted by atomic mass is 10.1. The number of rotatable bonds is 7. The molecule has 0 aromatic heterocycles. The number of amides is 3. The third-order valence-corrected chi connectivity index (χ3v) is 6.73. The molecule has 1 atom stereocenters. The van der Waals surface area contributed by atoms with E-state index < -0.39 is 0 Å². The minimum atomic E-state index is -0.213. The lowest BCUT2D eigenvalue weighted by molar-refractivity contribution is -0.132. The van der Waals surface area contributed by atoms with E-state index in [9.17, 15) is 14.4 Å². The number of carbonyl (C=O) groups excluding carboxylic acids is 3. The number of anilines is 2. The number of aryl methyl sites for hydroxylation is 2. The summed E-state index contributed by atoms with van der Waals surface area (Å²) in [7, 11) is 0. The van der Waals surface area contributed by atoms with Crippen LogP contribution in [0.4, 0.5) is 11.4 Å². The molecule has 1 aliphatic heterocycles. The lowest BCUT2D eigenvalue weighted by Crippen LogP contribution is -2.52. The standard InChI is InChI=1S/C25H32N4O3S/c1-17-6-5-7-18(2)24(17)27-23(31)16-28-12-14-29(15-13-28)25(32)19(3)33-22-10-8-21(9-11-22)26-20(4)30/h5-11,19H,12-16H2,1-4H3,(H,26,30)(H,27,31). The van der Waals surface area contributed by atoms with Crippen molar-refractivity contribution in [3.63, 3.8) is 0 Å². The average molecular weight is 469 g/mol. The Labute approximate surface area is 199 Å². The maximum Gasteiger partial charge on any atom is 0.238 e. The van der Waals surface area contributed by atoms with Crippen LogP contribution in [0.25, 0.3) is 0 Å². The molecule has 8 heteroatoms. The van der Waals surface area contributed by atoms with Crippen molar-refractivity contribution in [2.24, 2.45) is 0 Å². The van der Waals surface area contributed by atoms with Gasteiger partial charge in [-0.15, -0.1) is 11.8 Å². The Morgan fingerprint density at radius 3 is 2.12 bits per heavy atom.